The number of hydrogen-bond donors (Lipinski definition) is 2. The van der Waals surface area contributed by atoms with E-state index in [0.717, 1.165) is 52.1 Å². The lowest BCUT2D eigenvalue weighted by atomic mass is 9.89. The quantitative estimate of drug-likeness (QED) is 0.471. The molecule has 0 aliphatic heterocycles. The van der Waals surface area contributed by atoms with Gasteiger partial charge in [-0.05, 0) is 68.6 Å². The molecule has 2 fully saturated rings. The van der Waals surface area contributed by atoms with E-state index in [1.165, 1.54) is 51.4 Å². The van der Waals surface area contributed by atoms with Crippen molar-refractivity contribution < 1.29 is 8.42 Å². The van der Waals surface area contributed by atoms with Gasteiger partial charge in [0.1, 0.15) is 0 Å². The van der Waals surface area contributed by atoms with Gasteiger partial charge in [0, 0.05) is 13.1 Å². The number of nitrogens with zero attached hydrogens (tertiary/aromatic N) is 1. The average Bonchev–Trinajstić information content (AvgIpc) is 3.18. The van der Waals surface area contributed by atoms with E-state index in [2.05, 4.69) is 10.0 Å². The Morgan fingerprint density at radius 2 is 1.56 bits per heavy atom. The first-order chi connectivity index (χ1) is 15.4. The van der Waals surface area contributed by atoms with Crippen LogP contribution < -0.4 is 10.0 Å². The highest BCUT2D eigenvalue weighted by molar-refractivity contribution is 7.89. The SMILES string of the molecule is Cc1ccc(-c2sc(NCC3CCCCC3)nc2C)cc1S(=O)(=O)NCC1CCCCC1. The molecule has 2 aliphatic carbocycles. The number of aryl methyl sites for hydroxylation is 2. The van der Waals surface area contributed by atoms with E-state index < -0.39 is 10.0 Å². The molecule has 0 atom stereocenters. The second kappa shape index (κ2) is 10.7. The molecule has 7 heteroatoms. The van der Waals surface area contributed by atoms with E-state index in [9.17, 15) is 8.42 Å². The molecule has 0 spiro atoms. The third-order valence-corrected chi connectivity index (χ3v) is 9.82. The van der Waals surface area contributed by atoms with Crippen LogP contribution in [-0.4, -0.2) is 26.5 Å². The molecule has 1 heterocycles. The van der Waals surface area contributed by atoms with Crippen LogP contribution in [-0.2, 0) is 10.0 Å². The summed E-state index contributed by atoms with van der Waals surface area (Å²) < 4.78 is 29.1. The van der Waals surface area contributed by atoms with Gasteiger partial charge in [-0.15, -0.1) is 0 Å². The Bertz CT molecular complexity index is 1000. The van der Waals surface area contributed by atoms with Crippen LogP contribution in [0.4, 0.5) is 5.13 Å². The first-order valence-corrected chi connectivity index (χ1v) is 14.5. The predicted octanol–water partition coefficient (Wildman–Crippen LogP) is 6.28. The van der Waals surface area contributed by atoms with E-state index in [0.29, 0.717) is 17.4 Å². The summed E-state index contributed by atoms with van der Waals surface area (Å²) in [7, 11) is -3.53. The molecular formula is C25H37N3O2S2. The van der Waals surface area contributed by atoms with Gasteiger partial charge >= 0.3 is 0 Å². The smallest absolute Gasteiger partial charge is 0.240 e. The van der Waals surface area contributed by atoms with Crippen LogP contribution in [0.3, 0.4) is 0 Å². The Hall–Kier alpha value is -1.44. The number of rotatable bonds is 8. The normalized spacial score (nSPS) is 18.7. The summed E-state index contributed by atoms with van der Waals surface area (Å²) in [6.07, 6.45) is 12.6. The lowest BCUT2D eigenvalue weighted by Gasteiger charge is -2.22. The van der Waals surface area contributed by atoms with Crippen LogP contribution >= 0.6 is 11.3 Å². The summed E-state index contributed by atoms with van der Waals surface area (Å²) in [6.45, 7) is 5.40. The van der Waals surface area contributed by atoms with E-state index in [1.54, 1.807) is 11.3 Å². The fraction of sp³-hybridized carbons (Fsp3) is 0.640. The van der Waals surface area contributed by atoms with Gasteiger partial charge in [-0.3, -0.25) is 0 Å². The maximum atomic E-state index is 13.1. The summed E-state index contributed by atoms with van der Waals surface area (Å²) in [5.41, 5.74) is 2.65. The van der Waals surface area contributed by atoms with Crippen molar-refractivity contribution in [2.45, 2.75) is 83.0 Å². The van der Waals surface area contributed by atoms with Crippen molar-refractivity contribution in [3.63, 3.8) is 0 Å². The maximum Gasteiger partial charge on any atom is 0.240 e. The fourth-order valence-electron chi connectivity index (χ4n) is 5.09. The Labute approximate surface area is 197 Å². The van der Waals surface area contributed by atoms with E-state index >= 15 is 0 Å². The highest BCUT2D eigenvalue weighted by Crippen LogP contribution is 2.35. The monoisotopic (exact) mass is 475 g/mol. The number of benzene rings is 1. The molecule has 32 heavy (non-hydrogen) atoms. The van der Waals surface area contributed by atoms with Crippen LogP contribution in [0.5, 0.6) is 0 Å². The van der Waals surface area contributed by atoms with Crippen molar-refractivity contribution in [3.8, 4) is 10.4 Å². The lowest BCUT2D eigenvalue weighted by molar-refractivity contribution is 0.357. The molecule has 0 unspecified atom stereocenters. The van der Waals surface area contributed by atoms with E-state index in [-0.39, 0.29) is 0 Å². The van der Waals surface area contributed by atoms with Crippen molar-refractivity contribution in [3.05, 3.63) is 29.5 Å². The summed E-state index contributed by atoms with van der Waals surface area (Å²) in [5, 5.41) is 4.47. The minimum atomic E-state index is -3.53. The largest absolute Gasteiger partial charge is 0.361 e. The first kappa shape index (κ1) is 23.7. The molecule has 0 amide bonds. The molecule has 0 radical (unpaired) electrons. The molecule has 176 valence electrons. The van der Waals surface area contributed by atoms with Gasteiger partial charge in [0.05, 0.1) is 15.5 Å². The Balaban J connectivity index is 1.47. The first-order valence-electron chi connectivity index (χ1n) is 12.2. The maximum absolute atomic E-state index is 13.1. The van der Waals surface area contributed by atoms with Crippen LogP contribution in [0.1, 0.15) is 75.5 Å². The Kier molecular flexibility index (Phi) is 7.90. The van der Waals surface area contributed by atoms with Crippen LogP contribution in [0, 0.1) is 25.7 Å². The van der Waals surface area contributed by atoms with Gasteiger partial charge in [0.2, 0.25) is 10.0 Å². The molecule has 2 saturated carbocycles. The minimum absolute atomic E-state index is 0.385. The topological polar surface area (TPSA) is 71.1 Å². The van der Waals surface area contributed by atoms with Crippen molar-refractivity contribution in [2.24, 2.45) is 11.8 Å². The summed E-state index contributed by atoms with van der Waals surface area (Å²) in [6, 6.07) is 5.75. The summed E-state index contributed by atoms with van der Waals surface area (Å²) in [5.74, 6) is 1.20. The molecule has 1 aromatic heterocycles. The highest BCUT2D eigenvalue weighted by atomic mass is 32.2. The van der Waals surface area contributed by atoms with Crippen LogP contribution in [0.2, 0.25) is 0 Å². The number of sulfonamides is 1. The highest BCUT2D eigenvalue weighted by Gasteiger charge is 2.22. The van der Waals surface area contributed by atoms with Crippen molar-refractivity contribution >= 4 is 26.5 Å². The molecule has 4 rings (SSSR count). The number of nitrogens with one attached hydrogen (secondary N) is 2. The molecule has 0 bridgehead atoms. The summed E-state index contributed by atoms with van der Waals surface area (Å²) >= 11 is 1.62. The molecular weight excluding hydrogens is 438 g/mol. The predicted molar refractivity (Wildman–Crippen MR) is 134 cm³/mol. The van der Waals surface area contributed by atoms with Gasteiger partial charge < -0.3 is 5.32 Å². The number of anilines is 1. The van der Waals surface area contributed by atoms with Gasteiger partial charge in [-0.2, -0.15) is 0 Å². The standard InChI is InChI=1S/C25H37N3O2S2/c1-18-13-14-22(15-23(18)32(29,30)27-17-21-11-7-4-8-12-21)24-19(2)28-25(31-24)26-16-20-9-5-3-6-10-20/h13-15,20-21,27H,3-12,16-17H2,1-2H3,(H,26,28). The van der Waals surface area contributed by atoms with Crippen molar-refractivity contribution in [2.75, 3.05) is 18.4 Å². The minimum Gasteiger partial charge on any atom is -0.361 e. The van der Waals surface area contributed by atoms with Gasteiger partial charge in [-0.25, -0.2) is 18.1 Å². The molecule has 2 N–H and O–H groups in total. The third-order valence-electron chi connectivity index (χ3n) is 7.09. The zero-order chi connectivity index (χ0) is 22.6. The van der Waals surface area contributed by atoms with E-state index in [4.69, 9.17) is 4.98 Å². The second-order valence-electron chi connectivity index (χ2n) is 9.65. The van der Waals surface area contributed by atoms with E-state index in [1.807, 2.05) is 32.0 Å². The Morgan fingerprint density at radius 3 is 2.22 bits per heavy atom. The summed E-state index contributed by atoms with van der Waals surface area (Å²) in [4.78, 5) is 6.15. The molecule has 5 nitrogen and oxygen atoms in total. The molecule has 2 aliphatic rings. The zero-order valence-electron chi connectivity index (χ0n) is 19.5. The van der Waals surface area contributed by atoms with Gasteiger partial charge in [0.25, 0.3) is 0 Å². The lowest BCUT2D eigenvalue weighted by Crippen LogP contribution is -2.30. The Morgan fingerprint density at radius 1 is 0.938 bits per heavy atom. The molecule has 1 aromatic carbocycles. The number of aromatic nitrogens is 1. The molecule has 0 saturated heterocycles. The van der Waals surface area contributed by atoms with Gasteiger partial charge in [0.15, 0.2) is 5.13 Å². The fourth-order valence-corrected chi connectivity index (χ4v) is 7.44. The number of thiazole rings is 1. The van der Waals surface area contributed by atoms with Crippen molar-refractivity contribution in [1.29, 1.82) is 0 Å². The number of hydrogen-bond acceptors (Lipinski definition) is 5. The van der Waals surface area contributed by atoms with Gasteiger partial charge in [-0.1, -0.05) is 62.0 Å². The van der Waals surface area contributed by atoms with Crippen LogP contribution in [0.15, 0.2) is 23.1 Å². The average molecular weight is 476 g/mol. The second-order valence-corrected chi connectivity index (χ2v) is 12.4. The zero-order valence-corrected chi connectivity index (χ0v) is 21.1. The van der Waals surface area contributed by atoms with Crippen molar-refractivity contribution in [1.82, 2.24) is 9.71 Å². The van der Waals surface area contributed by atoms with Crippen LogP contribution in [0.25, 0.3) is 10.4 Å². The molecule has 2 aromatic rings. The third kappa shape index (κ3) is 5.91.